The van der Waals surface area contributed by atoms with Gasteiger partial charge in [0.05, 0.1) is 11.5 Å². The molecule has 0 aromatic rings. The lowest BCUT2D eigenvalue weighted by Gasteiger charge is -2.32. The van der Waals surface area contributed by atoms with Gasteiger partial charge in [-0.05, 0) is 12.8 Å². The molecular formula is C10H20O4. The number of hydrogen-bond acceptors (Lipinski definition) is 3. The van der Waals surface area contributed by atoms with Crippen LogP contribution in [0, 0.1) is 5.92 Å². The van der Waals surface area contributed by atoms with E-state index in [2.05, 4.69) is 0 Å². The first kappa shape index (κ1) is 13.4. The summed E-state index contributed by atoms with van der Waals surface area (Å²) in [5.74, 6) is -1.76. The number of aliphatic hydroxyl groups is 2. The predicted molar refractivity (Wildman–Crippen MR) is 53.0 cm³/mol. The van der Waals surface area contributed by atoms with Crippen LogP contribution in [0.3, 0.4) is 0 Å². The van der Waals surface area contributed by atoms with Gasteiger partial charge in [0.2, 0.25) is 0 Å². The van der Waals surface area contributed by atoms with Crippen molar-refractivity contribution in [3.05, 3.63) is 0 Å². The highest BCUT2D eigenvalue weighted by atomic mass is 16.4. The minimum atomic E-state index is -1.27. The average molecular weight is 204 g/mol. The van der Waals surface area contributed by atoms with Crippen LogP contribution in [0.5, 0.6) is 0 Å². The molecule has 2 unspecified atom stereocenters. The van der Waals surface area contributed by atoms with Crippen LogP contribution in [0.15, 0.2) is 0 Å². The van der Waals surface area contributed by atoms with E-state index in [1.165, 1.54) is 0 Å². The summed E-state index contributed by atoms with van der Waals surface area (Å²) < 4.78 is 0. The van der Waals surface area contributed by atoms with E-state index in [1.807, 2.05) is 6.92 Å². The fourth-order valence-electron chi connectivity index (χ4n) is 1.70. The van der Waals surface area contributed by atoms with Gasteiger partial charge in [0, 0.05) is 13.0 Å². The Morgan fingerprint density at radius 2 is 2.00 bits per heavy atom. The van der Waals surface area contributed by atoms with Crippen molar-refractivity contribution < 1.29 is 20.1 Å². The third kappa shape index (κ3) is 3.27. The zero-order valence-electron chi connectivity index (χ0n) is 8.86. The van der Waals surface area contributed by atoms with Crippen molar-refractivity contribution >= 4 is 5.97 Å². The summed E-state index contributed by atoms with van der Waals surface area (Å²) in [7, 11) is 0. The molecule has 3 N–H and O–H groups in total. The third-order valence-electron chi connectivity index (χ3n) is 2.68. The second kappa shape index (κ2) is 5.98. The highest BCUT2D eigenvalue weighted by molar-refractivity contribution is 5.71. The highest BCUT2D eigenvalue weighted by Gasteiger charge is 2.38. The Balaban J connectivity index is 4.63. The smallest absolute Gasteiger partial charge is 0.309 e. The monoisotopic (exact) mass is 204 g/mol. The van der Waals surface area contributed by atoms with Gasteiger partial charge in [-0.25, -0.2) is 0 Å². The van der Waals surface area contributed by atoms with Gasteiger partial charge in [-0.3, -0.25) is 4.79 Å². The lowest BCUT2D eigenvalue weighted by atomic mass is 9.80. The first-order valence-electron chi connectivity index (χ1n) is 5.07. The normalized spacial score (nSPS) is 17.4. The minimum Gasteiger partial charge on any atom is -0.481 e. The average Bonchev–Trinajstić information content (AvgIpc) is 2.14. The van der Waals surface area contributed by atoms with Gasteiger partial charge in [-0.15, -0.1) is 0 Å². The molecule has 0 spiro atoms. The number of carbonyl (C=O) groups is 1. The van der Waals surface area contributed by atoms with Crippen LogP contribution in [-0.4, -0.2) is 33.5 Å². The fourth-order valence-corrected chi connectivity index (χ4v) is 1.70. The molecule has 14 heavy (non-hydrogen) atoms. The second-order valence-electron chi connectivity index (χ2n) is 3.61. The van der Waals surface area contributed by atoms with E-state index in [1.54, 1.807) is 6.92 Å². The van der Waals surface area contributed by atoms with Crippen LogP contribution < -0.4 is 0 Å². The van der Waals surface area contributed by atoms with Gasteiger partial charge in [0.1, 0.15) is 0 Å². The molecule has 0 aromatic carbocycles. The zero-order chi connectivity index (χ0) is 11.2. The molecule has 0 fully saturated rings. The predicted octanol–water partition coefficient (Wildman–Crippen LogP) is 1.01. The molecule has 0 bridgehead atoms. The van der Waals surface area contributed by atoms with Gasteiger partial charge in [-0.1, -0.05) is 20.3 Å². The molecular weight excluding hydrogens is 184 g/mol. The number of carboxylic acid groups (broad SMARTS) is 1. The summed E-state index contributed by atoms with van der Waals surface area (Å²) in [4.78, 5) is 10.9. The first-order chi connectivity index (χ1) is 6.51. The third-order valence-corrected chi connectivity index (χ3v) is 2.68. The van der Waals surface area contributed by atoms with Crippen molar-refractivity contribution in [1.82, 2.24) is 0 Å². The molecule has 4 nitrogen and oxygen atoms in total. The van der Waals surface area contributed by atoms with Crippen LogP contribution in [0.25, 0.3) is 0 Å². The van der Waals surface area contributed by atoms with Crippen molar-refractivity contribution in [2.24, 2.45) is 5.92 Å². The van der Waals surface area contributed by atoms with E-state index in [0.29, 0.717) is 19.3 Å². The molecule has 2 atom stereocenters. The largest absolute Gasteiger partial charge is 0.481 e. The Morgan fingerprint density at radius 1 is 1.43 bits per heavy atom. The SMILES string of the molecule is CCCC(C(=O)O)C(O)(CC)CCO. The molecule has 4 heteroatoms. The number of aliphatic hydroxyl groups excluding tert-OH is 1. The fraction of sp³-hybridized carbons (Fsp3) is 0.900. The molecule has 0 saturated heterocycles. The maximum absolute atomic E-state index is 10.9. The summed E-state index contributed by atoms with van der Waals surface area (Å²) in [6, 6.07) is 0. The zero-order valence-corrected chi connectivity index (χ0v) is 8.86. The Morgan fingerprint density at radius 3 is 2.29 bits per heavy atom. The molecule has 0 aliphatic carbocycles. The summed E-state index contributed by atoms with van der Waals surface area (Å²) in [6.45, 7) is 3.43. The molecule has 0 amide bonds. The molecule has 0 radical (unpaired) electrons. The Bertz CT molecular complexity index is 181. The molecule has 84 valence electrons. The molecule has 0 heterocycles. The molecule has 0 aliphatic rings. The van der Waals surface area contributed by atoms with Crippen LogP contribution in [0.4, 0.5) is 0 Å². The van der Waals surface area contributed by atoms with E-state index >= 15 is 0 Å². The van der Waals surface area contributed by atoms with Crippen LogP contribution in [0.1, 0.15) is 39.5 Å². The van der Waals surface area contributed by atoms with Gasteiger partial charge in [0.15, 0.2) is 0 Å². The summed E-state index contributed by atoms with van der Waals surface area (Å²) >= 11 is 0. The van der Waals surface area contributed by atoms with Crippen molar-refractivity contribution in [2.45, 2.75) is 45.1 Å². The Kier molecular flexibility index (Phi) is 5.72. The number of rotatable bonds is 7. The number of hydrogen-bond donors (Lipinski definition) is 3. The molecule has 0 rings (SSSR count). The number of aliphatic carboxylic acids is 1. The van der Waals surface area contributed by atoms with Crippen LogP contribution in [-0.2, 0) is 4.79 Å². The van der Waals surface area contributed by atoms with E-state index in [9.17, 15) is 9.90 Å². The van der Waals surface area contributed by atoms with Gasteiger partial charge >= 0.3 is 5.97 Å². The minimum absolute atomic E-state index is 0.125. The topological polar surface area (TPSA) is 77.8 Å². The van der Waals surface area contributed by atoms with Crippen molar-refractivity contribution in [2.75, 3.05) is 6.61 Å². The molecule has 0 aliphatic heterocycles. The summed E-state index contributed by atoms with van der Waals surface area (Å²) in [5.41, 5.74) is -1.27. The Labute approximate surface area is 84.6 Å². The first-order valence-corrected chi connectivity index (χ1v) is 5.07. The highest BCUT2D eigenvalue weighted by Crippen LogP contribution is 2.29. The van der Waals surface area contributed by atoms with E-state index in [-0.39, 0.29) is 13.0 Å². The van der Waals surface area contributed by atoms with E-state index in [4.69, 9.17) is 10.2 Å². The van der Waals surface area contributed by atoms with Gasteiger partial charge < -0.3 is 15.3 Å². The van der Waals surface area contributed by atoms with E-state index in [0.717, 1.165) is 0 Å². The Hall–Kier alpha value is -0.610. The number of carboxylic acids is 1. The summed E-state index contributed by atoms with van der Waals surface area (Å²) in [6.07, 6.45) is 1.63. The quantitative estimate of drug-likeness (QED) is 0.578. The van der Waals surface area contributed by atoms with Crippen LogP contribution in [0.2, 0.25) is 0 Å². The van der Waals surface area contributed by atoms with Crippen LogP contribution >= 0.6 is 0 Å². The van der Waals surface area contributed by atoms with Gasteiger partial charge in [-0.2, -0.15) is 0 Å². The van der Waals surface area contributed by atoms with Crippen molar-refractivity contribution in [3.8, 4) is 0 Å². The lowest BCUT2D eigenvalue weighted by molar-refractivity contribution is -0.154. The molecule has 0 aromatic heterocycles. The lowest BCUT2D eigenvalue weighted by Crippen LogP contribution is -2.42. The van der Waals surface area contributed by atoms with Gasteiger partial charge in [0.25, 0.3) is 0 Å². The maximum Gasteiger partial charge on any atom is 0.309 e. The summed E-state index contributed by atoms with van der Waals surface area (Å²) in [5, 5.41) is 27.8. The van der Waals surface area contributed by atoms with Crippen molar-refractivity contribution in [3.63, 3.8) is 0 Å². The molecule has 0 saturated carbocycles. The van der Waals surface area contributed by atoms with E-state index < -0.39 is 17.5 Å². The second-order valence-corrected chi connectivity index (χ2v) is 3.61. The maximum atomic E-state index is 10.9. The standard InChI is InChI=1S/C10H20O4/c1-3-5-8(9(12)13)10(14,4-2)6-7-11/h8,11,14H,3-7H2,1-2H3,(H,12,13). The van der Waals surface area contributed by atoms with Crippen molar-refractivity contribution in [1.29, 1.82) is 0 Å².